The molecule has 3 amide bonds. The Hall–Kier alpha value is -2.57. The summed E-state index contributed by atoms with van der Waals surface area (Å²) in [5.74, 6) is -0.932. The van der Waals surface area contributed by atoms with E-state index >= 15 is 0 Å². The van der Waals surface area contributed by atoms with E-state index in [1.165, 1.54) is 12.1 Å². The van der Waals surface area contributed by atoms with Crippen LogP contribution >= 0.6 is 0 Å². The molecule has 1 heterocycles. The Morgan fingerprint density at radius 2 is 1.93 bits per heavy atom. The fourth-order valence-electron chi connectivity index (χ4n) is 2.74. The van der Waals surface area contributed by atoms with Gasteiger partial charge in [-0.25, -0.2) is 13.8 Å². The van der Waals surface area contributed by atoms with Gasteiger partial charge in [0, 0.05) is 33.9 Å². The fourth-order valence-corrected chi connectivity index (χ4v) is 3.90. The molecule has 0 aromatic heterocycles. The van der Waals surface area contributed by atoms with E-state index in [1.807, 2.05) is 4.72 Å². The van der Waals surface area contributed by atoms with E-state index in [4.69, 9.17) is 9.47 Å². The summed E-state index contributed by atoms with van der Waals surface area (Å²) in [6.07, 6.45) is 0.423. The molecule has 11 nitrogen and oxygen atoms in total. The molecular weight excluding hydrogens is 404 g/mol. The number of hydrogen-bond donors (Lipinski definition) is 3. The van der Waals surface area contributed by atoms with Gasteiger partial charge in [0.25, 0.3) is 5.91 Å². The Morgan fingerprint density at radius 3 is 2.45 bits per heavy atom. The topological polar surface area (TPSA) is 138 Å². The van der Waals surface area contributed by atoms with Crippen LogP contribution in [0.1, 0.15) is 5.56 Å². The molecule has 0 saturated carbocycles. The average Bonchev–Trinajstić information content (AvgIpc) is 2.93. The fraction of sp³-hybridized carbons (Fsp3) is 0.529. The molecule has 12 heteroatoms. The van der Waals surface area contributed by atoms with Crippen LogP contribution in [0.3, 0.4) is 0 Å². The maximum atomic E-state index is 12.3. The predicted molar refractivity (Wildman–Crippen MR) is 105 cm³/mol. The number of phenols is 1. The summed E-state index contributed by atoms with van der Waals surface area (Å²) in [4.78, 5) is 25.2. The number of hydrogen-bond acceptors (Lipinski definition) is 7. The third-order valence-corrected chi connectivity index (χ3v) is 5.63. The van der Waals surface area contributed by atoms with Gasteiger partial charge < -0.3 is 24.8 Å². The van der Waals surface area contributed by atoms with Crippen LogP contribution in [-0.4, -0.2) is 84.0 Å². The normalized spacial score (nSPS) is 15.2. The lowest BCUT2D eigenvalue weighted by Crippen LogP contribution is -2.43. The molecule has 0 bridgehead atoms. The van der Waals surface area contributed by atoms with E-state index in [0.717, 1.165) is 4.31 Å². The Labute approximate surface area is 169 Å². The predicted octanol–water partition coefficient (Wildman–Crippen LogP) is -0.580. The van der Waals surface area contributed by atoms with Crippen molar-refractivity contribution in [2.45, 2.75) is 6.42 Å². The van der Waals surface area contributed by atoms with Gasteiger partial charge in [0.05, 0.1) is 18.9 Å². The number of carbonyl (C=O) groups is 2. The quantitative estimate of drug-likeness (QED) is 0.452. The van der Waals surface area contributed by atoms with E-state index in [0.29, 0.717) is 44.8 Å². The van der Waals surface area contributed by atoms with Gasteiger partial charge in [0.15, 0.2) is 0 Å². The highest BCUT2D eigenvalue weighted by molar-refractivity contribution is 7.92. The number of carbonyl (C=O) groups excluding carboxylic acids is 2. The number of rotatable bonds is 10. The summed E-state index contributed by atoms with van der Waals surface area (Å²) >= 11 is 0. The van der Waals surface area contributed by atoms with Crippen LogP contribution in [-0.2, 0) is 30.9 Å². The van der Waals surface area contributed by atoms with Crippen molar-refractivity contribution in [2.75, 3.05) is 57.9 Å². The van der Waals surface area contributed by atoms with Crippen LogP contribution in [0.2, 0.25) is 0 Å². The van der Waals surface area contributed by atoms with Crippen LogP contribution in [0.4, 0.5) is 10.5 Å². The highest BCUT2D eigenvalue weighted by atomic mass is 32.2. The van der Waals surface area contributed by atoms with Crippen molar-refractivity contribution >= 4 is 27.8 Å². The molecule has 1 saturated heterocycles. The standard InChI is InChI=1S/C17H26N4O7S/c1-27-9-7-20(8-10-28-2)17(24)18-6-5-13-3-4-14(15(22)11-13)21-12-16(23)19-29(21,25)26/h3-4,11,22H,5-10,12H2,1-2H3,(H,18,24)(H,19,23). The lowest BCUT2D eigenvalue weighted by atomic mass is 10.1. The van der Waals surface area contributed by atoms with Gasteiger partial charge in [0.2, 0.25) is 0 Å². The number of aromatic hydroxyl groups is 1. The first kappa shape index (κ1) is 22.7. The molecule has 1 fully saturated rings. The van der Waals surface area contributed by atoms with Crippen molar-refractivity contribution in [3.8, 4) is 5.75 Å². The zero-order valence-electron chi connectivity index (χ0n) is 16.4. The molecular formula is C17H26N4O7S. The van der Waals surface area contributed by atoms with Crippen molar-refractivity contribution in [1.29, 1.82) is 0 Å². The summed E-state index contributed by atoms with van der Waals surface area (Å²) in [5.41, 5.74) is 0.712. The van der Waals surface area contributed by atoms with Crippen molar-refractivity contribution in [1.82, 2.24) is 14.9 Å². The molecule has 29 heavy (non-hydrogen) atoms. The molecule has 0 aliphatic carbocycles. The lowest BCUT2D eigenvalue weighted by Gasteiger charge is -2.22. The number of ether oxygens (including phenoxy) is 2. The van der Waals surface area contributed by atoms with Gasteiger partial charge in [-0.05, 0) is 24.1 Å². The Balaban J connectivity index is 1.93. The Bertz CT molecular complexity index is 823. The van der Waals surface area contributed by atoms with Gasteiger partial charge in [-0.3, -0.25) is 4.79 Å². The zero-order valence-corrected chi connectivity index (χ0v) is 17.2. The van der Waals surface area contributed by atoms with Crippen LogP contribution in [0.15, 0.2) is 18.2 Å². The smallest absolute Gasteiger partial charge is 0.326 e. The van der Waals surface area contributed by atoms with Crippen molar-refractivity contribution < 1.29 is 32.6 Å². The minimum absolute atomic E-state index is 0.0152. The van der Waals surface area contributed by atoms with Crippen LogP contribution < -0.4 is 14.3 Å². The number of benzene rings is 1. The van der Waals surface area contributed by atoms with Crippen molar-refractivity contribution in [3.05, 3.63) is 23.8 Å². The minimum Gasteiger partial charge on any atom is -0.506 e. The van der Waals surface area contributed by atoms with E-state index in [-0.39, 0.29) is 24.0 Å². The van der Waals surface area contributed by atoms with Gasteiger partial charge >= 0.3 is 16.2 Å². The Morgan fingerprint density at radius 1 is 1.28 bits per heavy atom. The lowest BCUT2D eigenvalue weighted by molar-refractivity contribution is -0.117. The number of phenolic OH excluding ortho intramolecular Hbond substituents is 1. The minimum atomic E-state index is -3.99. The van der Waals surface area contributed by atoms with E-state index < -0.39 is 16.1 Å². The highest BCUT2D eigenvalue weighted by Crippen LogP contribution is 2.31. The molecule has 0 spiro atoms. The molecule has 0 atom stereocenters. The average molecular weight is 430 g/mol. The van der Waals surface area contributed by atoms with Gasteiger partial charge in [0.1, 0.15) is 12.3 Å². The third-order valence-electron chi connectivity index (χ3n) is 4.24. The number of anilines is 1. The third kappa shape index (κ3) is 6.21. The second-order valence-corrected chi connectivity index (χ2v) is 7.91. The summed E-state index contributed by atoms with van der Waals surface area (Å²) in [6.45, 7) is 1.60. The molecule has 3 N–H and O–H groups in total. The zero-order chi connectivity index (χ0) is 21.4. The number of nitrogens with one attached hydrogen (secondary N) is 2. The first-order chi connectivity index (χ1) is 13.8. The van der Waals surface area contributed by atoms with Crippen LogP contribution in [0.5, 0.6) is 5.75 Å². The number of methoxy groups -OCH3 is 2. The van der Waals surface area contributed by atoms with Crippen molar-refractivity contribution in [3.63, 3.8) is 0 Å². The number of urea groups is 1. The molecule has 1 aromatic carbocycles. The summed E-state index contributed by atoms with van der Waals surface area (Å²) < 4.78 is 36.4. The van der Waals surface area contributed by atoms with Gasteiger partial charge in [-0.2, -0.15) is 8.42 Å². The van der Waals surface area contributed by atoms with Crippen LogP contribution in [0.25, 0.3) is 0 Å². The largest absolute Gasteiger partial charge is 0.506 e. The molecule has 0 radical (unpaired) electrons. The van der Waals surface area contributed by atoms with E-state index in [2.05, 4.69) is 5.32 Å². The van der Waals surface area contributed by atoms with Crippen LogP contribution in [0, 0.1) is 0 Å². The molecule has 1 aliphatic heterocycles. The molecule has 1 aliphatic rings. The Kier molecular flexibility index (Phi) is 8.05. The second kappa shape index (κ2) is 10.3. The van der Waals surface area contributed by atoms with E-state index in [9.17, 15) is 23.1 Å². The first-order valence-electron chi connectivity index (χ1n) is 8.94. The molecule has 2 rings (SSSR count). The van der Waals surface area contributed by atoms with Crippen molar-refractivity contribution in [2.24, 2.45) is 0 Å². The first-order valence-corrected chi connectivity index (χ1v) is 10.4. The monoisotopic (exact) mass is 430 g/mol. The highest BCUT2D eigenvalue weighted by Gasteiger charge is 2.35. The second-order valence-electron chi connectivity index (χ2n) is 6.31. The number of nitrogens with zero attached hydrogens (tertiary/aromatic N) is 2. The summed E-state index contributed by atoms with van der Waals surface area (Å²) in [7, 11) is -0.872. The maximum Gasteiger partial charge on any atom is 0.326 e. The SMILES string of the molecule is COCCN(CCOC)C(=O)NCCc1ccc(N2CC(=O)NS2(=O)=O)c(O)c1. The van der Waals surface area contributed by atoms with E-state index in [1.54, 1.807) is 25.2 Å². The molecule has 1 aromatic rings. The molecule has 162 valence electrons. The number of amides is 3. The van der Waals surface area contributed by atoms with Gasteiger partial charge in [-0.15, -0.1) is 0 Å². The van der Waals surface area contributed by atoms with Gasteiger partial charge in [-0.1, -0.05) is 6.07 Å². The summed E-state index contributed by atoms with van der Waals surface area (Å²) in [6, 6.07) is 4.21. The molecule has 0 unspecified atom stereocenters. The summed E-state index contributed by atoms with van der Waals surface area (Å²) in [5, 5.41) is 13.0. The maximum absolute atomic E-state index is 12.3.